The summed E-state index contributed by atoms with van der Waals surface area (Å²) >= 11 is 0. The van der Waals surface area contributed by atoms with Crippen LogP contribution in [-0.2, 0) is 6.42 Å². The highest BCUT2D eigenvalue weighted by atomic mass is 16.3. The molecule has 0 bridgehead atoms. The van der Waals surface area contributed by atoms with Gasteiger partial charge < -0.3 is 5.11 Å². The first-order chi connectivity index (χ1) is 8.83. The summed E-state index contributed by atoms with van der Waals surface area (Å²) in [6.07, 6.45) is 2.90. The minimum absolute atomic E-state index is 0.397. The molecule has 1 aliphatic rings. The highest BCUT2D eigenvalue weighted by Crippen LogP contribution is 2.40. The Balaban J connectivity index is 1.75. The molecule has 0 saturated heterocycles. The van der Waals surface area contributed by atoms with E-state index in [4.69, 9.17) is 0 Å². The molecule has 2 aromatic rings. The van der Waals surface area contributed by atoms with Crippen LogP contribution >= 0.6 is 0 Å². The van der Waals surface area contributed by atoms with E-state index >= 15 is 0 Å². The standard InChI is InChI=1S/C17H18O/c18-17(11-13-5-2-1-3-6-13)16-8-4-7-15(12-16)14-9-10-14/h1-8,12,14,17-18H,9-11H2. The molecule has 1 saturated carbocycles. The summed E-state index contributed by atoms with van der Waals surface area (Å²) in [4.78, 5) is 0. The molecule has 0 spiro atoms. The maximum Gasteiger partial charge on any atom is 0.0830 e. The maximum absolute atomic E-state index is 10.3. The minimum Gasteiger partial charge on any atom is -0.388 e. The summed E-state index contributed by atoms with van der Waals surface area (Å²) in [6, 6.07) is 18.6. The van der Waals surface area contributed by atoms with Crippen molar-refractivity contribution in [1.29, 1.82) is 0 Å². The van der Waals surface area contributed by atoms with Crippen LogP contribution in [0, 0.1) is 0 Å². The maximum atomic E-state index is 10.3. The van der Waals surface area contributed by atoms with Crippen molar-refractivity contribution in [2.45, 2.75) is 31.3 Å². The van der Waals surface area contributed by atoms with E-state index in [1.54, 1.807) is 0 Å². The molecule has 1 heteroatoms. The Morgan fingerprint density at radius 1 is 1.00 bits per heavy atom. The van der Waals surface area contributed by atoms with Gasteiger partial charge in [0.1, 0.15) is 0 Å². The van der Waals surface area contributed by atoms with E-state index < -0.39 is 6.10 Å². The smallest absolute Gasteiger partial charge is 0.0830 e. The van der Waals surface area contributed by atoms with Gasteiger partial charge in [0.2, 0.25) is 0 Å². The van der Waals surface area contributed by atoms with E-state index in [1.807, 2.05) is 24.3 Å². The largest absolute Gasteiger partial charge is 0.388 e. The lowest BCUT2D eigenvalue weighted by Crippen LogP contribution is -2.02. The number of aliphatic hydroxyl groups is 1. The van der Waals surface area contributed by atoms with E-state index in [2.05, 4.69) is 30.3 Å². The number of rotatable bonds is 4. The predicted octanol–water partition coefficient (Wildman–Crippen LogP) is 3.84. The van der Waals surface area contributed by atoms with Crippen LogP contribution in [0.1, 0.15) is 41.6 Å². The molecular formula is C17H18O. The number of hydrogen-bond acceptors (Lipinski definition) is 1. The molecule has 0 heterocycles. The fourth-order valence-corrected chi connectivity index (χ4v) is 2.39. The summed E-state index contributed by atoms with van der Waals surface area (Å²) < 4.78 is 0. The molecule has 2 aromatic carbocycles. The van der Waals surface area contributed by atoms with Crippen molar-refractivity contribution >= 4 is 0 Å². The van der Waals surface area contributed by atoms with Crippen LogP contribution in [0.3, 0.4) is 0 Å². The average Bonchev–Trinajstić information content (AvgIpc) is 3.24. The summed E-state index contributed by atoms with van der Waals surface area (Å²) in [6.45, 7) is 0. The van der Waals surface area contributed by atoms with Gasteiger partial charge in [-0.15, -0.1) is 0 Å². The molecule has 18 heavy (non-hydrogen) atoms. The van der Waals surface area contributed by atoms with Gasteiger partial charge in [0.25, 0.3) is 0 Å². The van der Waals surface area contributed by atoms with Crippen molar-refractivity contribution in [3.8, 4) is 0 Å². The Morgan fingerprint density at radius 2 is 1.78 bits per heavy atom. The van der Waals surface area contributed by atoms with Gasteiger partial charge >= 0.3 is 0 Å². The van der Waals surface area contributed by atoms with Crippen molar-refractivity contribution in [2.75, 3.05) is 0 Å². The molecular weight excluding hydrogens is 220 g/mol. The van der Waals surface area contributed by atoms with Crippen LogP contribution in [0.2, 0.25) is 0 Å². The zero-order valence-electron chi connectivity index (χ0n) is 10.4. The van der Waals surface area contributed by atoms with Crippen LogP contribution in [0.25, 0.3) is 0 Å². The van der Waals surface area contributed by atoms with Crippen molar-refractivity contribution in [3.05, 3.63) is 71.3 Å². The molecule has 1 nitrogen and oxygen atoms in total. The quantitative estimate of drug-likeness (QED) is 0.858. The third kappa shape index (κ3) is 2.62. The van der Waals surface area contributed by atoms with Gasteiger partial charge in [0.05, 0.1) is 6.10 Å². The lowest BCUT2D eigenvalue weighted by molar-refractivity contribution is 0.178. The number of aliphatic hydroxyl groups excluding tert-OH is 1. The molecule has 3 rings (SSSR count). The molecule has 92 valence electrons. The van der Waals surface area contributed by atoms with Gasteiger partial charge in [-0.3, -0.25) is 0 Å². The molecule has 0 amide bonds. The van der Waals surface area contributed by atoms with Crippen molar-refractivity contribution in [1.82, 2.24) is 0 Å². The third-order valence-electron chi connectivity index (χ3n) is 3.62. The van der Waals surface area contributed by atoms with Crippen molar-refractivity contribution in [3.63, 3.8) is 0 Å². The second-order valence-corrected chi connectivity index (χ2v) is 5.15. The topological polar surface area (TPSA) is 20.2 Å². The van der Waals surface area contributed by atoms with Gasteiger partial charge in [-0.25, -0.2) is 0 Å². The van der Waals surface area contributed by atoms with Gasteiger partial charge in [-0.2, -0.15) is 0 Å². The Morgan fingerprint density at radius 3 is 2.50 bits per heavy atom. The highest BCUT2D eigenvalue weighted by molar-refractivity contribution is 5.31. The third-order valence-corrected chi connectivity index (χ3v) is 3.62. The summed E-state index contributed by atoms with van der Waals surface area (Å²) in [5.41, 5.74) is 3.62. The van der Waals surface area contributed by atoms with Crippen LogP contribution in [-0.4, -0.2) is 5.11 Å². The van der Waals surface area contributed by atoms with Crippen LogP contribution in [0.4, 0.5) is 0 Å². The lowest BCUT2D eigenvalue weighted by atomic mass is 9.98. The van der Waals surface area contributed by atoms with Gasteiger partial charge in [0, 0.05) is 6.42 Å². The van der Waals surface area contributed by atoms with Gasteiger partial charge in [-0.1, -0.05) is 54.6 Å². The van der Waals surface area contributed by atoms with Crippen LogP contribution in [0.15, 0.2) is 54.6 Å². The normalized spacial score (nSPS) is 16.5. The fourth-order valence-electron chi connectivity index (χ4n) is 2.39. The lowest BCUT2D eigenvalue weighted by Gasteiger charge is -2.12. The molecule has 1 atom stereocenters. The van der Waals surface area contributed by atoms with Gasteiger partial charge in [0.15, 0.2) is 0 Å². The molecule has 1 fully saturated rings. The van der Waals surface area contributed by atoms with Crippen molar-refractivity contribution < 1.29 is 5.11 Å². The first-order valence-corrected chi connectivity index (χ1v) is 6.65. The van der Waals surface area contributed by atoms with Crippen LogP contribution in [0.5, 0.6) is 0 Å². The van der Waals surface area contributed by atoms with E-state index in [0.29, 0.717) is 6.42 Å². The van der Waals surface area contributed by atoms with E-state index in [9.17, 15) is 5.11 Å². The van der Waals surface area contributed by atoms with Crippen LogP contribution < -0.4 is 0 Å². The second kappa shape index (κ2) is 4.95. The monoisotopic (exact) mass is 238 g/mol. The Hall–Kier alpha value is -1.60. The zero-order chi connectivity index (χ0) is 12.4. The first kappa shape index (κ1) is 11.5. The molecule has 1 unspecified atom stereocenters. The van der Waals surface area contributed by atoms with E-state index in [1.165, 1.54) is 24.0 Å². The molecule has 0 radical (unpaired) electrons. The fraction of sp³-hybridized carbons (Fsp3) is 0.294. The number of benzene rings is 2. The zero-order valence-corrected chi connectivity index (χ0v) is 10.4. The molecule has 0 aromatic heterocycles. The summed E-state index contributed by atoms with van der Waals surface area (Å²) in [5, 5.41) is 10.3. The average molecular weight is 238 g/mol. The summed E-state index contributed by atoms with van der Waals surface area (Å²) in [5.74, 6) is 0.744. The highest BCUT2D eigenvalue weighted by Gasteiger charge is 2.23. The SMILES string of the molecule is OC(Cc1ccccc1)c1cccc(C2CC2)c1. The second-order valence-electron chi connectivity index (χ2n) is 5.15. The Bertz CT molecular complexity index is 514. The molecule has 0 aliphatic heterocycles. The number of hydrogen-bond donors (Lipinski definition) is 1. The van der Waals surface area contributed by atoms with E-state index in [0.717, 1.165) is 11.5 Å². The van der Waals surface area contributed by atoms with Crippen molar-refractivity contribution in [2.24, 2.45) is 0 Å². The first-order valence-electron chi connectivity index (χ1n) is 6.65. The van der Waals surface area contributed by atoms with E-state index in [-0.39, 0.29) is 0 Å². The molecule has 1 aliphatic carbocycles. The summed E-state index contributed by atoms with van der Waals surface area (Å²) in [7, 11) is 0. The predicted molar refractivity (Wildman–Crippen MR) is 73.5 cm³/mol. The van der Waals surface area contributed by atoms with Gasteiger partial charge in [-0.05, 0) is 35.4 Å². The Labute approximate surface area is 108 Å². The molecule has 1 N–H and O–H groups in total. The Kier molecular flexibility index (Phi) is 3.16. The minimum atomic E-state index is -0.397.